The van der Waals surface area contributed by atoms with Gasteiger partial charge in [0.25, 0.3) is 5.91 Å². The summed E-state index contributed by atoms with van der Waals surface area (Å²) in [6.07, 6.45) is 2.08. The van der Waals surface area contributed by atoms with Crippen molar-refractivity contribution < 1.29 is 14.1 Å². The van der Waals surface area contributed by atoms with E-state index in [2.05, 4.69) is 97.0 Å². The Morgan fingerprint density at radius 2 is 1.85 bits per heavy atom. The number of anilines is 2. The van der Waals surface area contributed by atoms with Gasteiger partial charge >= 0.3 is 0 Å². The van der Waals surface area contributed by atoms with Crippen molar-refractivity contribution in [3.63, 3.8) is 0 Å². The van der Waals surface area contributed by atoms with Crippen LogP contribution in [0, 0.1) is 6.92 Å². The fraction of sp³-hybridized carbons (Fsp3) is 0.515. The topological polar surface area (TPSA) is 91.7 Å². The molecule has 3 heterocycles. The predicted octanol–water partition coefficient (Wildman–Crippen LogP) is 5.78. The van der Waals surface area contributed by atoms with Crippen LogP contribution >= 0.6 is 0 Å². The minimum atomic E-state index is -0.272. The zero-order valence-corrected chi connectivity index (χ0v) is 25.3. The van der Waals surface area contributed by atoms with Crippen LogP contribution in [0.1, 0.15) is 74.7 Å². The van der Waals surface area contributed by atoms with Gasteiger partial charge in [0, 0.05) is 67.9 Å². The number of carbonyl (C=O) groups excluding carboxylic acids is 1. The molecule has 2 aliphatic rings. The van der Waals surface area contributed by atoms with Crippen molar-refractivity contribution in [1.82, 2.24) is 20.7 Å². The highest BCUT2D eigenvalue weighted by Gasteiger charge is 2.23. The average Bonchev–Trinajstić information content (AvgIpc) is 3.60. The fourth-order valence-electron chi connectivity index (χ4n) is 5.87. The molecule has 2 fully saturated rings. The van der Waals surface area contributed by atoms with Crippen LogP contribution in [0.25, 0.3) is 11.3 Å². The van der Waals surface area contributed by atoms with Gasteiger partial charge in [-0.1, -0.05) is 38.1 Å². The van der Waals surface area contributed by atoms with Gasteiger partial charge in [0.2, 0.25) is 5.76 Å². The van der Waals surface area contributed by atoms with Gasteiger partial charge in [-0.2, -0.15) is 0 Å². The molecule has 2 saturated heterocycles. The summed E-state index contributed by atoms with van der Waals surface area (Å²) in [5, 5.41) is 14.4. The largest absolute Gasteiger partial charge is 0.376 e. The number of nitrogens with one attached hydrogen (secondary N) is 3. The fourth-order valence-corrected chi connectivity index (χ4v) is 5.87. The summed E-state index contributed by atoms with van der Waals surface area (Å²) < 4.78 is 11.0. The minimum Gasteiger partial charge on any atom is -0.376 e. The molecule has 1 unspecified atom stereocenters. The molecule has 1 aromatic heterocycles. The number of nitrogens with zero attached hydrogens (tertiary/aromatic N) is 2. The molecule has 0 spiro atoms. The molecule has 41 heavy (non-hydrogen) atoms. The molecule has 0 radical (unpaired) electrons. The summed E-state index contributed by atoms with van der Waals surface area (Å²) in [5.41, 5.74) is 7.28. The highest BCUT2D eigenvalue weighted by atomic mass is 16.5. The van der Waals surface area contributed by atoms with E-state index in [1.807, 2.05) is 6.92 Å². The second-order valence-electron chi connectivity index (χ2n) is 12.9. The first-order valence-electron chi connectivity index (χ1n) is 14.9. The summed E-state index contributed by atoms with van der Waals surface area (Å²) in [6.45, 7) is 17.6. The Bertz CT molecular complexity index is 1350. The summed E-state index contributed by atoms with van der Waals surface area (Å²) in [4.78, 5) is 15.2. The van der Waals surface area contributed by atoms with Crippen molar-refractivity contribution in [2.24, 2.45) is 0 Å². The summed E-state index contributed by atoms with van der Waals surface area (Å²) in [5.74, 6) is -0.0687. The zero-order chi connectivity index (χ0) is 29.1. The number of benzene rings is 2. The molecule has 0 saturated carbocycles. The number of amides is 1. The van der Waals surface area contributed by atoms with Gasteiger partial charge in [-0.05, 0) is 80.0 Å². The van der Waals surface area contributed by atoms with Crippen molar-refractivity contribution in [3.8, 4) is 11.3 Å². The molecule has 2 aliphatic heterocycles. The van der Waals surface area contributed by atoms with Gasteiger partial charge in [-0.15, -0.1) is 0 Å². The maximum Gasteiger partial charge on any atom is 0.290 e. The Morgan fingerprint density at radius 3 is 2.56 bits per heavy atom. The van der Waals surface area contributed by atoms with E-state index in [1.165, 1.54) is 11.1 Å². The number of aryl methyl sites for hydroxylation is 1. The first-order valence-corrected chi connectivity index (χ1v) is 14.9. The van der Waals surface area contributed by atoms with Gasteiger partial charge in [0.15, 0.2) is 0 Å². The number of carbonyl (C=O) groups is 1. The van der Waals surface area contributed by atoms with Gasteiger partial charge in [-0.25, -0.2) is 0 Å². The lowest BCUT2D eigenvalue weighted by atomic mass is 9.85. The van der Waals surface area contributed by atoms with Crippen LogP contribution < -0.4 is 16.0 Å². The maximum absolute atomic E-state index is 12.6. The Labute approximate surface area is 244 Å². The van der Waals surface area contributed by atoms with Crippen LogP contribution in [-0.2, 0) is 16.7 Å². The van der Waals surface area contributed by atoms with E-state index in [4.69, 9.17) is 9.26 Å². The van der Waals surface area contributed by atoms with Gasteiger partial charge in [-0.3, -0.25) is 9.69 Å². The smallest absolute Gasteiger partial charge is 0.290 e. The lowest BCUT2D eigenvalue weighted by Gasteiger charge is -2.36. The normalized spacial score (nSPS) is 21.7. The average molecular weight is 560 g/mol. The van der Waals surface area contributed by atoms with Crippen LogP contribution in [0.15, 0.2) is 47.0 Å². The van der Waals surface area contributed by atoms with Crippen LogP contribution in [0.3, 0.4) is 0 Å². The Balaban J connectivity index is 1.34. The summed E-state index contributed by atoms with van der Waals surface area (Å²) >= 11 is 0. The number of rotatable bonds is 8. The number of hydrogen-bond donors (Lipinski definition) is 3. The van der Waals surface area contributed by atoms with Gasteiger partial charge in [0.1, 0.15) is 5.69 Å². The van der Waals surface area contributed by atoms with E-state index in [-0.39, 0.29) is 23.2 Å². The molecule has 1 amide bonds. The molecule has 8 nitrogen and oxygen atoms in total. The molecule has 220 valence electrons. The third-order valence-electron chi connectivity index (χ3n) is 7.95. The number of piperazine rings is 1. The number of hydrogen-bond acceptors (Lipinski definition) is 7. The SMILES string of the molecule is Cc1ccc(Nc2cc(CN3C[C@@H](C)N[C@@H](C)C3)cc(C(C)(C)C)c2)cc1-c1cc(C(=O)NCC2CCCO2)on1. The Kier molecular flexibility index (Phi) is 8.82. The van der Waals surface area contributed by atoms with Crippen molar-refractivity contribution in [2.75, 3.05) is 31.6 Å². The monoisotopic (exact) mass is 559 g/mol. The van der Waals surface area contributed by atoms with E-state index < -0.39 is 0 Å². The molecule has 0 bridgehead atoms. The van der Waals surface area contributed by atoms with Crippen molar-refractivity contribution in [2.45, 2.75) is 84.5 Å². The lowest BCUT2D eigenvalue weighted by Crippen LogP contribution is -2.53. The molecular weight excluding hydrogens is 514 g/mol. The molecule has 2 aromatic carbocycles. The highest BCUT2D eigenvalue weighted by Crippen LogP contribution is 2.31. The van der Waals surface area contributed by atoms with Gasteiger partial charge in [0.05, 0.1) is 6.10 Å². The second-order valence-corrected chi connectivity index (χ2v) is 12.9. The van der Waals surface area contributed by atoms with Gasteiger partial charge < -0.3 is 25.2 Å². The first-order chi connectivity index (χ1) is 19.5. The molecule has 3 N–H and O–H groups in total. The second kappa shape index (κ2) is 12.3. The lowest BCUT2D eigenvalue weighted by molar-refractivity contribution is 0.0828. The van der Waals surface area contributed by atoms with Crippen LogP contribution in [0.5, 0.6) is 0 Å². The summed E-state index contributed by atoms with van der Waals surface area (Å²) in [6, 6.07) is 15.8. The first kappa shape index (κ1) is 29.3. The van der Waals surface area contributed by atoms with Crippen molar-refractivity contribution >= 4 is 17.3 Å². The van der Waals surface area contributed by atoms with E-state index in [0.29, 0.717) is 24.3 Å². The third-order valence-corrected chi connectivity index (χ3v) is 7.95. The van der Waals surface area contributed by atoms with Crippen molar-refractivity contribution in [1.29, 1.82) is 0 Å². The third kappa shape index (κ3) is 7.56. The molecule has 0 aliphatic carbocycles. The van der Waals surface area contributed by atoms with Crippen molar-refractivity contribution in [3.05, 3.63) is 64.9 Å². The maximum atomic E-state index is 12.6. The minimum absolute atomic E-state index is 0.0243. The van der Waals surface area contributed by atoms with E-state index in [1.54, 1.807) is 6.07 Å². The van der Waals surface area contributed by atoms with Crippen LogP contribution in [-0.4, -0.2) is 60.4 Å². The molecule has 3 aromatic rings. The van der Waals surface area contributed by atoms with Crippen LogP contribution in [0.2, 0.25) is 0 Å². The predicted molar refractivity (Wildman–Crippen MR) is 164 cm³/mol. The zero-order valence-electron chi connectivity index (χ0n) is 25.3. The molecule has 8 heteroatoms. The Morgan fingerprint density at radius 1 is 1.07 bits per heavy atom. The van der Waals surface area contributed by atoms with E-state index in [9.17, 15) is 4.79 Å². The molecule has 5 rings (SSSR count). The molecule has 3 atom stereocenters. The number of aromatic nitrogens is 1. The van der Waals surface area contributed by atoms with Crippen LogP contribution in [0.4, 0.5) is 11.4 Å². The van der Waals surface area contributed by atoms with E-state index in [0.717, 1.165) is 61.6 Å². The standard InChI is InChI=1S/C33H45N5O3/c1-21-9-10-26(15-29(21)30-16-31(41-37-30)32(39)34-17-28-8-7-11-40-28)36-27-13-24(12-25(14-27)33(4,5)6)20-38-18-22(2)35-23(3)19-38/h9-10,12-16,22-23,28,35-36H,7-8,11,17-20H2,1-6H3,(H,34,39)/t22-,23+,28?. The molecular formula is C33H45N5O3. The quantitative estimate of drug-likeness (QED) is 0.322. The highest BCUT2D eigenvalue weighted by molar-refractivity contribution is 5.92. The number of ether oxygens (including phenoxy) is 1. The Hall–Kier alpha value is -3.20. The summed E-state index contributed by atoms with van der Waals surface area (Å²) in [7, 11) is 0. The van der Waals surface area contributed by atoms with E-state index >= 15 is 0 Å².